The van der Waals surface area contributed by atoms with E-state index < -0.39 is 0 Å². The molecule has 2 N–H and O–H groups in total. The highest BCUT2D eigenvalue weighted by atomic mass is 16.5. The lowest BCUT2D eigenvalue weighted by Crippen LogP contribution is -2.41. The fourth-order valence-corrected chi connectivity index (χ4v) is 3.58. The molecule has 2 aliphatic rings. The molecule has 3 heterocycles. The van der Waals surface area contributed by atoms with Crippen molar-refractivity contribution in [1.29, 1.82) is 0 Å². The van der Waals surface area contributed by atoms with Crippen LogP contribution >= 0.6 is 0 Å². The van der Waals surface area contributed by atoms with Gasteiger partial charge in [-0.25, -0.2) is 9.98 Å². The number of guanidine groups is 1. The van der Waals surface area contributed by atoms with E-state index in [-0.39, 0.29) is 6.10 Å². The van der Waals surface area contributed by atoms with Gasteiger partial charge in [0, 0.05) is 44.0 Å². The zero-order valence-corrected chi connectivity index (χ0v) is 18.3. The molecule has 166 valence electrons. The molecule has 8 heteroatoms. The van der Waals surface area contributed by atoms with Gasteiger partial charge in [0.1, 0.15) is 5.82 Å². The predicted molar refractivity (Wildman–Crippen MR) is 122 cm³/mol. The second kappa shape index (κ2) is 10.3. The Balaban J connectivity index is 1.40. The van der Waals surface area contributed by atoms with Crippen molar-refractivity contribution in [2.24, 2.45) is 4.99 Å². The van der Waals surface area contributed by atoms with Crippen molar-refractivity contribution in [2.75, 3.05) is 49.7 Å². The minimum Gasteiger partial charge on any atom is -0.490 e. The zero-order valence-electron chi connectivity index (χ0n) is 18.3. The lowest BCUT2D eigenvalue weighted by atomic mass is 10.2. The summed E-state index contributed by atoms with van der Waals surface area (Å²) in [6.07, 6.45) is 3.02. The highest BCUT2D eigenvalue weighted by Crippen LogP contribution is 2.32. The molecule has 1 atom stereocenters. The van der Waals surface area contributed by atoms with Gasteiger partial charge < -0.3 is 29.7 Å². The summed E-state index contributed by atoms with van der Waals surface area (Å²) >= 11 is 0. The van der Waals surface area contributed by atoms with Crippen LogP contribution in [-0.2, 0) is 11.3 Å². The number of rotatable bonds is 5. The maximum Gasteiger partial charge on any atom is 0.196 e. The van der Waals surface area contributed by atoms with E-state index in [9.17, 15) is 0 Å². The number of aliphatic imine (C=N–C) groups is 1. The van der Waals surface area contributed by atoms with Crippen molar-refractivity contribution in [3.05, 3.63) is 42.1 Å². The summed E-state index contributed by atoms with van der Waals surface area (Å²) in [5.74, 6) is 3.24. The monoisotopic (exact) mass is 425 g/mol. The van der Waals surface area contributed by atoms with Crippen molar-refractivity contribution >= 4 is 17.5 Å². The van der Waals surface area contributed by atoms with E-state index in [1.54, 1.807) is 0 Å². The first-order valence-corrected chi connectivity index (χ1v) is 11.0. The first-order valence-electron chi connectivity index (χ1n) is 11.0. The summed E-state index contributed by atoms with van der Waals surface area (Å²) in [6.45, 7) is 9.27. The molecular formula is C23H31N5O3. The number of ether oxygens (including phenoxy) is 3. The Bertz CT molecular complexity index is 887. The fourth-order valence-electron chi connectivity index (χ4n) is 3.58. The van der Waals surface area contributed by atoms with Crippen LogP contribution in [0.2, 0.25) is 0 Å². The molecule has 1 unspecified atom stereocenters. The van der Waals surface area contributed by atoms with Crippen molar-refractivity contribution in [2.45, 2.75) is 32.9 Å². The average Bonchev–Trinajstić information content (AvgIpc) is 3.03. The number of benzene rings is 1. The SMILES string of the molecule is CCNC(=NCc1ccc(N2CCOC(C)C2)nc1)Nc1ccc2c(c1)OCCCO2. The largest absolute Gasteiger partial charge is 0.490 e. The van der Waals surface area contributed by atoms with E-state index >= 15 is 0 Å². The molecule has 0 radical (unpaired) electrons. The minimum atomic E-state index is 0.235. The van der Waals surface area contributed by atoms with Gasteiger partial charge in [-0.15, -0.1) is 0 Å². The van der Waals surface area contributed by atoms with E-state index in [4.69, 9.17) is 19.2 Å². The summed E-state index contributed by atoms with van der Waals surface area (Å²) < 4.78 is 17.1. The molecular weight excluding hydrogens is 394 g/mol. The molecule has 2 aromatic rings. The van der Waals surface area contributed by atoms with E-state index in [1.165, 1.54) is 0 Å². The van der Waals surface area contributed by atoms with Crippen LogP contribution in [0.1, 0.15) is 25.8 Å². The standard InChI is InChI=1S/C23H31N5O3/c1-3-24-23(27-19-6-7-20-21(13-19)31-11-4-10-30-20)26-15-18-5-8-22(25-14-18)28-9-12-29-17(2)16-28/h5-8,13-14,17H,3-4,9-12,15-16H2,1-2H3,(H2,24,26,27). The van der Waals surface area contributed by atoms with Crippen LogP contribution in [-0.4, -0.2) is 56.5 Å². The molecule has 0 aliphatic carbocycles. The summed E-state index contributed by atoms with van der Waals surface area (Å²) in [4.78, 5) is 11.6. The molecule has 0 amide bonds. The van der Waals surface area contributed by atoms with Crippen LogP contribution in [0.25, 0.3) is 0 Å². The van der Waals surface area contributed by atoms with E-state index in [0.717, 1.165) is 61.2 Å². The van der Waals surface area contributed by atoms with Gasteiger partial charge in [0.2, 0.25) is 0 Å². The Labute approximate surface area is 183 Å². The van der Waals surface area contributed by atoms with Crippen LogP contribution in [0.15, 0.2) is 41.5 Å². The van der Waals surface area contributed by atoms with Gasteiger partial charge in [0.25, 0.3) is 0 Å². The Morgan fingerprint density at radius 1 is 1.16 bits per heavy atom. The Morgan fingerprint density at radius 2 is 2.03 bits per heavy atom. The zero-order chi connectivity index (χ0) is 21.5. The number of morpholine rings is 1. The van der Waals surface area contributed by atoms with Gasteiger partial charge in [-0.2, -0.15) is 0 Å². The molecule has 1 aromatic carbocycles. The van der Waals surface area contributed by atoms with Crippen molar-refractivity contribution in [3.63, 3.8) is 0 Å². The number of pyridine rings is 1. The number of nitrogens with one attached hydrogen (secondary N) is 2. The van der Waals surface area contributed by atoms with Gasteiger partial charge in [0.05, 0.1) is 32.5 Å². The van der Waals surface area contributed by atoms with Crippen LogP contribution < -0.4 is 25.0 Å². The maximum atomic E-state index is 5.78. The van der Waals surface area contributed by atoms with Crippen molar-refractivity contribution in [3.8, 4) is 11.5 Å². The summed E-state index contributed by atoms with van der Waals surface area (Å²) in [6, 6.07) is 10.0. The second-order valence-corrected chi connectivity index (χ2v) is 7.68. The third kappa shape index (κ3) is 5.79. The second-order valence-electron chi connectivity index (χ2n) is 7.68. The summed E-state index contributed by atoms with van der Waals surface area (Å²) in [5, 5.41) is 6.64. The first kappa shape index (κ1) is 21.2. The van der Waals surface area contributed by atoms with Crippen molar-refractivity contribution in [1.82, 2.24) is 10.3 Å². The topological polar surface area (TPSA) is 80.2 Å². The quantitative estimate of drug-likeness (QED) is 0.563. The number of hydrogen-bond acceptors (Lipinski definition) is 6. The predicted octanol–water partition coefficient (Wildman–Crippen LogP) is 3.05. The van der Waals surface area contributed by atoms with Gasteiger partial charge >= 0.3 is 0 Å². The Morgan fingerprint density at radius 3 is 2.81 bits per heavy atom. The molecule has 1 saturated heterocycles. The molecule has 4 rings (SSSR count). The van der Waals surface area contributed by atoms with Crippen LogP contribution in [0, 0.1) is 0 Å². The highest BCUT2D eigenvalue weighted by molar-refractivity contribution is 5.93. The van der Waals surface area contributed by atoms with Crippen LogP contribution in [0.4, 0.5) is 11.5 Å². The molecule has 31 heavy (non-hydrogen) atoms. The molecule has 0 spiro atoms. The van der Waals surface area contributed by atoms with Gasteiger partial charge in [-0.1, -0.05) is 6.07 Å². The molecule has 2 aliphatic heterocycles. The van der Waals surface area contributed by atoms with E-state index in [1.807, 2.05) is 31.3 Å². The molecule has 1 fully saturated rings. The van der Waals surface area contributed by atoms with Crippen LogP contribution in [0.5, 0.6) is 11.5 Å². The Hall–Kier alpha value is -3.00. The Kier molecular flexibility index (Phi) is 7.09. The van der Waals surface area contributed by atoms with E-state index in [0.29, 0.717) is 25.7 Å². The van der Waals surface area contributed by atoms with Gasteiger partial charge in [-0.3, -0.25) is 0 Å². The van der Waals surface area contributed by atoms with Crippen molar-refractivity contribution < 1.29 is 14.2 Å². The average molecular weight is 426 g/mol. The number of aromatic nitrogens is 1. The molecule has 8 nitrogen and oxygen atoms in total. The molecule has 0 saturated carbocycles. The number of anilines is 2. The number of hydrogen-bond donors (Lipinski definition) is 2. The lowest BCUT2D eigenvalue weighted by Gasteiger charge is -2.32. The summed E-state index contributed by atoms with van der Waals surface area (Å²) in [5.41, 5.74) is 1.96. The third-order valence-corrected chi connectivity index (χ3v) is 5.15. The highest BCUT2D eigenvalue weighted by Gasteiger charge is 2.17. The molecule has 0 bridgehead atoms. The minimum absolute atomic E-state index is 0.235. The third-order valence-electron chi connectivity index (χ3n) is 5.15. The van der Waals surface area contributed by atoms with E-state index in [2.05, 4.69) is 39.6 Å². The van der Waals surface area contributed by atoms with Gasteiger partial charge in [0.15, 0.2) is 17.5 Å². The number of fused-ring (bicyclic) bond motifs is 1. The fraction of sp³-hybridized carbons (Fsp3) is 0.478. The number of nitrogens with zero attached hydrogens (tertiary/aromatic N) is 3. The lowest BCUT2D eigenvalue weighted by molar-refractivity contribution is 0.0529. The normalized spacial score (nSPS) is 19.0. The molecule has 1 aromatic heterocycles. The maximum absolute atomic E-state index is 5.78. The smallest absolute Gasteiger partial charge is 0.196 e. The van der Waals surface area contributed by atoms with Crippen LogP contribution in [0.3, 0.4) is 0 Å². The first-order chi connectivity index (χ1) is 15.2. The summed E-state index contributed by atoms with van der Waals surface area (Å²) in [7, 11) is 0. The van der Waals surface area contributed by atoms with Gasteiger partial charge in [-0.05, 0) is 37.6 Å².